The lowest BCUT2D eigenvalue weighted by molar-refractivity contribution is 0.672. The van der Waals surface area contributed by atoms with E-state index in [1.165, 1.54) is 5.56 Å². The highest BCUT2D eigenvalue weighted by Crippen LogP contribution is 2.39. The molecule has 192 valence electrons. The SMILES string of the molecule is c1ccc(-c2ccc(-c3nc(-c4ccccc4)nc(-c4cccc5oc6c7ccccc7ccc6c45)n3)cc2)cc1. The van der Waals surface area contributed by atoms with Crippen LogP contribution >= 0.6 is 0 Å². The van der Waals surface area contributed by atoms with E-state index in [-0.39, 0.29) is 0 Å². The molecule has 0 radical (unpaired) electrons. The summed E-state index contributed by atoms with van der Waals surface area (Å²) in [6.45, 7) is 0. The molecule has 0 spiro atoms. The first-order valence-corrected chi connectivity index (χ1v) is 13.6. The van der Waals surface area contributed by atoms with Crippen LogP contribution in [0.4, 0.5) is 0 Å². The summed E-state index contributed by atoms with van der Waals surface area (Å²) < 4.78 is 6.44. The molecule has 2 aromatic heterocycles. The van der Waals surface area contributed by atoms with Crippen LogP contribution in [0.25, 0.3) is 78.0 Å². The van der Waals surface area contributed by atoms with Crippen molar-refractivity contribution in [3.63, 3.8) is 0 Å². The van der Waals surface area contributed by atoms with Crippen LogP contribution in [-0.2, 0) is 0 Å². The lowest BCUT2D eigenvalue weighted by Crippen LogP contribution is -2.00. The van der Waals surface area contributed by atoms with Crippen molar-refractivity contribution >= 4 is 32.7 Å². The summed E-state index contributed by atoms with van der Waals surface area (Å²) in [5.74, 6) is 1.87. The summed E-state index contributed by atoms with van der Waals surface area (Å²) in [4.78, 5) is 15.0. The second-order valence-electron chi connectivity index (χ2n) is 10.1. The molecule has 8 rings (SSSR count). The normalized spacial score (nSPS) is 11.4. The van der Waals surface area contributed by atoms with Gasteiger partial charge < -0.3 is 4.42 Å². The van der Waals surface area contributed by atoms with Gasteiger partial charge in [-0.15, -0.1) is 0 Å². The van der Waals surface area contributed by atoms with Crippen molar-refractivity contribution in [2.24, 2.45) is 0 Å². The van der Waals surface area contributed by atoms with Gasteiger partial charge in [0.2, 0.25) is 0 Å². The molecule has 0 aliphatic carbocycles. The van der Waals surface area contributed by atoms with Crippen LogP contribution in [0.15, 0.2) is 144 Å². The zero-order valence-electron chi connectivity index (χ0n) is 22.0. The zero-order valence-corrected chi connectivity index (χ0v) is 22.0. The van der Waals surface area contributed by atoms with E-state index >= 15 is 0 Å². The monoisotopic (exact) mass is 525 g/mol. The van der Waals surface area contributed by atoms with Gasteiger partial charge in [-0.25, -0.2) is 15.0 Å². The fourth-order valence-corrected chi connectivity index (χ4v) is 5.52. The molecule has 0 atom stereocenters. The molecule has 0 amide bonds. The van der Waals surface area contributed by atoms with Crippen molar-refractivity contribution < 1.29 is 4.42 Å². The fourth-order valence-electron chi connectivity index (χ4n) is 5.52. The van der Waals surface area contributed by atoms with E-state index in [0.717, 1.165) is 55.0 Å². The number of aromatic nitrogens is 3. The van der Waals surface area contributed by atoms with Gasteiger partial charge in [0.1, 0.15) is 11.2 Å². The standard InChI is InChI=1S/C37H23N3O/c1-3-10-24(11-4-1)25-18-20-28(21-19-25)36-38-35(27-13-5-2-6-14-27)39-37(40-36)31-16-9-17-32-33(31)30-23-22-26-12-7-8-15-29(26)34(30)41-32/h1-23H. The highest BCUT2D eigenvalue weighted by Gasteiger charge is 2.18. The van der Waals surface area contributed by atoms with E-state index in [1.807, 2.05) is 60.7 Å². The Kier molecular flexibility index (Phi) is 5.42. The fraction of sp³-hybridized carbons (Fsp3) is 0. The maximum atomic E-state index is 6.44. The molecule has 0 fully saturated rings. The van der Waals surface area contributed by atoms with Crippen LogP contribution in [0.1, 0.15) is 0 Å². The van der Waals surface area contributed by atoms with Crippen molar-refractivity contribution in [1.29, 1.82) is 0 Å². The number of hydrogen-bond donors (Lipinski definition) is 0. The van der Waals surface area contributed by atoms with Crippen LogP contribution in [0.2, 0.25) is 0 Å². The molecule has 0 N–H and O–H groups in total. The van der Waals surface area contributed by atoms with E-state index in [1.54, 1.807) is 0 Å². The quantitative estimate of drug-likeness (QED) is 0.230. The van der Waals surface area contributed by atoms with Crippen LogP contribution in [-0.4, -0.2) is 15.0 Å². The Balaban J connectivity index is 1.34. The molecule has 0 unspecified atom stereocenters. The van der Waals surface area contributed by atoms with E-state index in [2.05, 4.69) is 78.9 Å². The van der Waals surface area contributed by atoms with Gasteiger partial charge in [0.25, 0.3) is 0 Å². The van der Waals surface area contributed by atoms with Gasteiger partial charge in [-0.1, -0.05) is 127 Å². The van der Waals surface area contributed by atoms with Crippen LogP contribution in [0.3, 0.4) is 0 Å². The summed E-state index contributed by atoms with van der Waals surface area (Å²) in [6, 6.07) is 47.5. The smallest absolute Gasteiger partial charge is 0.164 e. The van der Waals surface area contributed by atoms with E-state index in [0.29, 0.717) is 17.5 Å². The number of benzene rings is 6. The Hall–Kier alpha value is -5.61. The molecule has 2 heterocycles. The first-order valence-electron chi connectivity index (χ1n) is 13.6. The third kappa shape index (κ3) is 4.05. The number of nitrogens with zero attached hydrogens (tertiary/aromatic N) is 3. The Morgan fingerprint density at radius 1 is 0.390 bits per heavy atom. The van der Waals surface area contributed by atoms with Crippen molar-refractivity contribution in [3.05, 3.63) is 140 Å². The number of furan rings is 1. The Bertz CT molecular complexity index is 2180. The van der Waals surface area contributed by atoms with E-state index in [9.17, 15) is 0 Å². The van der Waals surface area contributed by atoms with Crippen LogP contribution < -0.4 is 0 Å². The molecule has 6 aromatic carbocycles. The molecule has 0 aliphatic rings. The molecule has 8 aromatic rings. The van der Waals surface area contributed by atoms with Crippen molar-refractivity contribution in [2.45, 2.75) is 0 Å². The van der Waals surface area contributed by atoms with Gasteiger partial charge in [-0.2, -0.15) is 0 Å². The Morgan fingerprint density at radius 3 is 1.73 bits per heavy atom. The van der Waals surface area contributed by atoms with Gasteiger partial charge in [0, 0.05) is 32.8 Å². The summed E-state index contributed by atoms with van der Waals surface area (Å²) >= 11 is 0. The molecule has 0 bridgehead atoms. The molecular formula is C37H23N3O. The van der Waals surface area contributed by atoms with Gasteiger partial charge >= 0.3 is 0 Å². The van der Waals surface area contributed by atoms with Gasteiger partial charge in [-0.3, -0.25) is 0 Å². The highest BCUT2D eigenvalue weighted by atomic mass is 16.3. The number of fused-ring (bicyclic) bond motifs is 5. The second kappa shape index (κ2) is 9.54. The van der Waals surface area contributed by atoms with Crippen LogP contribution in [0, 0.1) is 0 Å². The minimum absolute atomic E-state index is 0.613. The largest absolute Gasteiger partial charge is 0.455 e. The average molecular weight is 526 g/mol. The predicted molar refractivity (Wildman–Crippen MR) is 166 cm³/mol. The molecule has 0 saturated heterocycles. The summed E-state index contributed by atoms with van der Waals surface area (Å²) in [5, 5.41) is 4.29. The summed E-state index contributed by atoms with van der Waals surface area (Å²) in [6.07, 6.45) is 0. The van der Waals surface area contributed by atoms with Crippen molar-refractivity contribution in [1.82, 2.24) is 15.0 Å². The first-order chi connectivity index (χ1) is 20.3. The maximum absolute atomic E-state index is 6.44. The van der Waals surface area contributed by atoms with Crippen LogP contribution in [0.5, 0.6) is 0 Å². The number of rotatable bonds is 4. The van der Waals surface area contributed by atoms with E-state index in [4.69, 9.17) is 19.4 Å². The molecular weight excluding hydrogens is 502 g/mol. The zero-order chi connectivity index (χ0) is 27.2. The van der Waals surface area contributed by atoms with Gasteiger partial charge in [-0.05, 0) is 28.6 Å². The highest BCUT2D eigenvalue weighted by molar-refractivity contribution is 6.18. The molecule has 4 heteroatoms. The third-order valence-corrected chi connectivity index (χ3v) is 7.55. The Labute approximate surface area is 236 Å². The molecule has 4 nitrogen and oxygen atoms in total. The molecule has 41 heavy (non-hydrogen) atoms. The van der Waals surface area contributed by atoms with Crippen molar-refractivity contribution in [3.8, 4) is 45.3 Å². The van der Waals surface area contributed by atoms with E-state index < -0.39 is 0 Å². The van der Waals surface area contributed by atoms with Gasteiger partial charge in [0.15, 0.2) is 17.5 Å². The number of hydrogen-bond acceptors (Lipinski definition) is 4. The average Bonchev–Trinajstić information content (AvgIpc) is 3.45. The Morgan fingerprint density at radius 2 is 0.976 bits per heavy atom. The first kappa shape index (κ1) is 23.3. The van der Waals surface area contributed by atoms with Crippen molar-refractivity contribution in [2.75, 3.05) is 0 Å². The lowest BCUT2D eigenvalue weighted by atomic mass is 10.0. The minimum Gasteiger partial charge on any atom is -0.455 e. The minimum atomic E-state index is 0.613. The maximum Gasteiger partial charge on any atom is 0.164 e. The second-order valence-corrected chi connectivity index (χ2v) is 10.1. The molecule has 0 saturated carbocycles. The third-order valence-electron chi connectivity index (χ3n) is 7.55. The van der Waals surface area contributed by atoms with Gasteiger partial charge in [0.05, 0.1) is 0 Å². The summed E-state index contributed by atoms with van der Waals surface area (Å²) in [7, 11) is 0. The molecule has 0 aliphatic heterocycles. The topological polar surface area (TPSA) is 51.8 Å². The predicted octanol–water partition coefficient (Wildman–Crippen LogP) is 9.59. The lowest BCUT2D eigenvalue weighted by Gasteiger charge is -2.10. The summed E-state index contributed by atoms with van der Waals surface area (Å²) in [5.41, 5.74) is 6.79.